The average molecular weight is 511 g/mol. The molecule has 1 aliphatic heterocycles. The van der Waals surface area contributed by atoms with Crippen molar-refractivity contribution in [1.82, 2.24) is 29.2 Å². The first kappa shape index (κ1) is 23.5. The van der Waals surface area contributed by atoms with Crippen LogP contribution in [0, 0.1) is 0 Å². The predicted molar refractivity (Wildman–Crippen MR) is 130 cm³/mol. The van der Waals surface area contributed by atoms with E-state index in [4.69, 9.17) is 4.98 Å². The third-order valence-electron chi connectivity index (χ3n) is 6.97. The maximum atomic E-state index is 13.4. The molecular weight excluding hydrogens is 485 g/mol. The molecule has 3 aromatic heterocycles. The minimum absolute atomic E-state index is 0.0629. The highest BCUT2D eigenvalue weighted by Crippen LogP contribution is 2.44. The fourth-order valence-corrected chi connectivity index (χ4v) is 5.08. The van der Waals surface area contributed by atoms with Gasteiger partial charge in [-0.2, -0.15) is 5.10 Å². The Balaban J connectivity index is 1.54. The van der Waals surface area contributed by atoms with Gasteiger partial charge in [-0.15, -0.1) is 13.2 Å². The standard InChI is InChI=1S/C26H25F3N6O2/c1-3-23(36)34-8-9-35-21(14-34)24(32-25(35)15-4-5-15)17-6-7-30-20-10-18(16-12-31-33(2)13-16)22(11-19(17)20)37-26(27,28)29/h6-7,10-13,15H,3-5,8-9,14H2,1-2H3. The van der Waals surface area contributed by atoms with Gasteiger partial charge in [-0.1, -0.05) is 6.92 Å². The van der Waals surface area contributed by atoms with Gasteiger partial charge in [-0.05, 0) is 31.0 Å². The molecule has 1 saturated carbocycles. The fraction of sp³-hybridized carbons (Fsp3) is 0.385. The lowest BCUT2D eigenvalue weighted by Gasteiger charge is -2.29. The summed E-state index contributed by atoms with van der Waals surface area (Å²) >= 11 is 0. The normalized spacial score (nSPS) is 15.8. The van der Waals surface area contributed by atoms with Crippen molar-refractivity contribution >= 4 is 16.8 Å². The molecule has 0 saturated heterocycles. The number of fused-ring (bicyclic) bond motifs is 2. The summed E-state index contributed by atoms with van der Waals surface area (Å²) in [6.45, 7) is 3.51. The van der Waals surface area contributed by atoms with Crippen molar-refractivity contribution in [3.05, 3.63) is 48.3 Å². The summed E-state index contributed by atoms with van der Waals surface area (Å²) in [5, 5.41) is 4.59. The van der Waals surface area contributed by atoms with Gasteiger partial charge in [-0.25, -0.2) is 4.98 Å². The van der Waals surface area contributed by atoms with Crippen molar-refractivity contribution in [2.45, 2.75) is 51.6 Å². The third kappa shape index (κ3) is 4.32. The highest BCUT2D eigenvalue weighted by Gasteiger charge is 2.35. The molecule has 11 heteroatoms. The zero-order chi connectivity index (χ0) is 25.9. The number of carbonyl (C=O) groups is 1. The zero-order valence-electron chi connectivity index (χ0n) is 20.4. The van der Waals surface area contributed by atoms with Crippen LogP contribution in [0.2, 0.25) is 0 Å². The Bertz CT molecular complexity index is 1520. The largest absolute Gasteiger partial charge is 0.573 e. The molecule has 1 fully saturated rings. The molecule has 1 amide bonds. The van der Waals surface area contributed by atoms with Crippen molar-refractivity contribution in [1.29, 1.82) is 0 Å². The zero-order valence-corrected chi connectivity index (χ0v) is 20.4. The van der Waals surface area contributed by atoms with Crippen LogP contribution in [-0.4, -0.2) is 48.0 Å². The van der Waals surface area contributed by atoms with Gasteiger partial charge in [0.25, 0.3) is 0 Å². The van der Waals surface area contributed by atoms with E-state index in [1.165, 1.54) is 16.9 Å². The second-order valence-corrected chi connectivity index (χ2v) is 9.53. The van der Waals surface area contributed by atoms with Crippen LogP contribution in [0.15, 0.2) is 36.8 Å². The lowest BCUT2D eigenvalue weighted by Crippen LogP contribution is -2.38. The number of ether oxygens (including phenoxy) is 1. The summed E-state index contributed by atoms with van der Waals surface area (Å²) < 4.78 is 48.5. The molecule has 4 heterocycles. The molecule has 0 N–H and O–H groups in total. The van der Waals surface area contributed by atoms with Crippen LogP contribution < -0.4 is 4.74 Å². The van der Waals surface area contributed by atoms with E-state index in [0.29, 0.717) is 59.7 Å². The monoisotopic (exact) mass is 510 g/mol. The number of rotatable bonds is 5. The number of hydrogen-bond donors (Lipinski definition) is 0. The Morgan fingerprint density at radius 1 is 1.19 bits per heavy atom. The van der Waals surface area contributed by atoms with Crippen LogP contribution in [-0.2, 0) is 24.9 Å². The first-order chi connectivity index (χ1) is 17.7. The number of hydrogen-bond acceptors (Lipinski definition) is 5. The van der Waals surface area contributed by atoms with Gasteiger partial charge in [0.2, 0.25) is 5.91 Å². The van der Waals surface area contributed by atoms with Gasteiger partial charge in [0.05, 0.1) is 29.6 Å². The highest BCUT2D eigenvalue weighted by molar-refractivity contribution is 5.98. The van der Waals surface area contributed by atoms with E-state index in [1.807, 2.05) is 11.8 Å². The molecule has 2 aliphatic rings. The van der Waals surface area contributed by atoms with Gasteiger partial charge in [-0.3, -0.25) is 14.5 Å². The molecule has 0 unspecified atom stereocenters. The maximum Gasteiger partial charge on any atom is 0.573 e. The quantitative estimate of drug-likeness (QED) is 0.377. The molecule has 4 aromatic rings. The minimum atomic E-state index is -4.87. The molecule has 0 spiro atoms. The maximum absolute atomic E-state index is 13.4. The van der Waals surface area contributed by atoms with E-state index in [2.05, 4.69) is 19.4 Å². The van der Waals surface area contributed by atoms with E-state index in [-0.39, 0.29) is 17.2 Å². The van der Waals surface area contributed by atoms with Crippen LogP contribution in [0.25, 0.3) is 33.3 Å². The summed E-state index contributed by atoms with van der Waals surface area (Å²) in [5.74, 6) is 1.08. The minimum Gasteiger partial charge on any atom is -0.405 e. The molecule has 1 aliphatic carbocycles. The van der Waals surface area contributed by atoms with Crippen LogP contribution in [0.4, 0.5) is 13.2 Å². The number of benzene rings is 1. The fourth-order valence-electron chi connectivity index (χ4n) is 5.08. The number of amides is 1. The summed E-state index contributed by atoms with van der Waals surface area (Å²) in [6.07, 6.45) is 2.40. The van der Waals surface area contributed by atoms with Gasteiger partial charge in [0.1, 0.15) is 11.6 Å². The molecule has 37 heavy (non-hydrogen) atoms. The van der Waals surface area contributed by atoms with E-state index >= 15 is 0 Å². The first-order valence-electron chi connectivity index (χ1n) is 12.3. The van der Waals surface area contributed by atoms with E-state index < -0.39 is 6.36 Å². The van der Waals surface area contributed by atoms with Gasteiger partial charge in [0.15, 0.2) is 0 Å². The number of nitrogens with zero attached hydrogens (tertiary/aromatic N) is 6. The van der Waals surface area contributed by atoms with Gasteiger partial charge in [0, 0.05) is 66.9 Å². The molecule has 0 bridgehead atoms. The van der Waals surface area contributed by atoms with E-state index in [0.717, 1.165) is 24.4 Å². The number of halogens is 3. The molecule has 0 radical (unpaired) electrons. The lowest BCUT2D eigenvalue weighted by atomic mass is 9.99. The first-order valence-corrected chi connectivity index (χ1v) is 12.3. The second kappa shape index (κ2) is 8.60. The molecule has 1 aromatic carbocycles. The van der Waals surface area contributed by atoms with Crippen molar-refractivity contribution in [2.24, 2.45) is 7.05 Å². The van der Waals surface area contributed by atoms with Crippen molar-refractivity contribution in [2.75, 3.05) is 6.54 Å². The summed E-state index contributed by atoms with van der Waals surface area (Å²) in [7, 11) is 1.69. The SMILES string of the molecule is CCC(=O)N1CCn2c(C3CC3)nc(-c3ccnc4cc(-c5cnn(C)c5)c(OC(F)(F)F)cc34)c2C1. The van der Waals surface area contributed by atoms with Crippen LogP contribution in [0.5, 0.6) is 5.75 Å². The number of aromatic nitrogens is 5. The Morgan fingerprint density at radius 3 is 2.68 bits per heavy atom. The van der Waals surface area contributed by atoms with Crippen LogP contribution in [0.3, 0.4) is 0 Å². The highest BCUT2D eigenvalue weighted by atomic mass is 19.4. The number of pyridine rings is 1. The Kier molecular flexibility index (Phi) is 5.46. The summed E-state index contributed by atoms with van der Waals surface area (Å²) in [5.41, 5.74) is 3.48. The summed E-state index contributed by atoms with van der Waals surface area (Å²) in [4.78, 5) is 23.8. The number of aryl methyl sites for hydroxylation is 1. The molecule has 0 atom stereocenters. The van der Waals surface area contributed by atoms with E-state index in [9.17, 15) is 18.0 Å². The van der Waals surface area contributed by atoms with Crippen LogP contribution in [0.1, 0.15) is 43.6 Å². The predicted octanol–water partition coefficient (Wildman–Crippen LogP) is 5.03. The van der Waals surface area contributed by atoms with E-state index in [1.54, 1.807) is 31.6 Å². The average Bonchev–Trinajstić information content (AvgIpc) is 3.51. The molecular formula is C26H25F3N6O2. The van der Waals surface area contributed by atoms with Gasteiger partial charge >= 0.3 is 6.36 Å². The summed E-state index contributed by atoms with van der Waals surface area (Å²) in [6, 6.07) is 4.74. The Labute approximate surface area is 210 Å². The van der Waals surface area contributed by atoms with Crippen molar-refractivity contribution < 1.29 is 22.7 Å². The van der Waals surface area contributed by atoms with Crippen LogP contribution >= 0.6 is 0 Å². The number of imidazole rings is 1. The number of alkyl halides is 3. The topological polar surface area (TPSA) is 78.1 Å². The molecule has 8 nitrogen and oxygen atoms in total. The smallest absolute Gasteiger partial charge is 0.405 e. The molecule has 192 valence electrons. The Hall–Kier alpha value is -3.89. The number of carbonyl (C=O) groups excluding carboxylic acids is 1. The van der Waals surface area contributed by atoms with Crippen molar-refractivity contribution in [3.63, 3.8) is 0 Å². The Morgan fingerprint density at radius 2 is 2.00 bits per heavy atom. The van der Waals surface area contributed by atoms with Gasteiger partial charge < -0.3 is 14.2 Å². The second-order valence-electron chi connectivity index (χ2n) is 9.53. The van der Waals surface area contributed by atoms with Crippen molar-refractivity contribution in [3.8, 4) is 28.1 Å². The molecule has 6 rings (SSSR count). The third-order valence-corrected chi connectivity index (χ3v) is 6.97. The lowest BCUT2D eigenvalue weighted by molar-refractivity contribution is -0.274.